The van der Waals surface area contributed by atoms with Gasteiger partial charge in [0.15, 0.2) is 11.6 Å². The van der Waals surface area contributed by atoms with Gasteiger partial charge in [0.2, 0.25) is 0 Å². The fourth-order valence-electron chi connectivity index (χ4n) is 1.03. The number of rotatable bonds is 2. The third-order valence-electron chi connectivity index (χ3n) is 1.78. The summed E-state index contributed by atoms with van der Waals surface area (Å²) >= 11 is 10.4. The van der Waals surface area contributed by atoms with E-state index in [1.54, 1.807) is 0 Å². The molecule has 1 nitrogen and oxygen atoms in total. The summed E-state index contributed by atoms with van der Waals surface area (Å²) in [5.41, 5.74) is -1.94. The first-order valence-electron chi connectivity index (χ1n) is 3.92. The Hall–Kier alpha value is -0.810. The molecule has 0 heterocycles. The molecule has 0 aliphatic rings. The third-order valence-corrected chi connectivity index (χ3v) is 2.29. The van der Waals surface area contributed by atoms with Crippen molar-refractivity contribution in [1.82, 2.24) is 0 Å². The van der Waals surface area contributed by atoms with Gasteiger partial charge < -0.3 is 0 Å². The van der Waals surface area contributed by atoms with Gasteiger partial charge in [0.1, 0.15) is 0 Å². The van der Waals surface area contributed by atoms with Crippen molar-refractivity contribution in [3.05, 3.63) is 34.1 Å². The molecular weight excluding hydrogens is 271 g/mol. The van der Waals surface area contributed by atoms with Crippen LogP contribution in [0.3, 0.4) is 0 Å². The Balaban J connectivity index is 3.39. The minimum atomic E-state index is -4.91. The van der Waals surface area contributed by atoms with Gasteiger partial charge in [0.05, 0.1) is 16.5 Å². The van der Waals surface area contributed by atoms with Crippen LogP contribution < -0.4 is 0 Å². The van der Waals surface area contributed by atoms with Crippen LogP contribution in [0.2, 0.25) is 5.02 Å². The summed E-state index contributed by atoms with van der Waals surface area (Å²) in [5.74, 6) is -2.85. The molecule has 7 heteroatoms. The van der Waals surface area contributed by atoms with Gasteiger partial charge in [-0.05, 0) is 12.1 Å². The van der Waals surface area contributed by atoms with Gasteiger partial charge in [0, 0.05) is 5.56 Å². The van der Waals surface area contributed by atoms with Crippen LogP contribution in [0.5, 0.6) is 0 Å². The van der Waals surface area contributed by atoms with E-state index in [0.29, 0.717) is 6.07 Å². The van der Waals surface area contributed by atoms with Crippen molar-refractivity contribution < 1.29 is 22.4 Å². The molecule has 16 heavy (non-hydrogen) atoms. The molecular formula is C9H4Cl2F4O. The van der Waals surface area contributed by atoms with Crippen molar-refractivity contribution in [2.45, 2.75) is 6.18 Å². The van der Waals surface area contributed by atoms with E-state index in [1.165, 1.54) is 0 Å². The number of alkyl halides is 4. The largest absolute Gasteiger partial charge is 0.419 e. The molecule has 0 saturated carbocycles. The number of carbonyl (C=O) groups excluding carboxylic acids is 1. The summed E-state index contributed by atoms with van der Waals surface area (Å²) in [4.78, 5) is 11.1. The maximum absolute atomic E-state index is 13.0. The van der Waals surface area contributed by atoms with E-state index >= 15 is 0 Å². The molecule has 0 atom stereocenters. The van der Waals surface area contributed by atoms with E-state index in [1.807, 2.05) is 0 Å². The smallest absolute Gasteiger partial charge is 0.293 e. The normalized spacial score (nSPS) is 11.6. The summed E-state index contributed by atoms with van der Waals surface area (Å²) in [6.07, 6.45) is -4.91. The van der Waals surface area contributed by atoms with Crippen LogP contribution in [0.15, 0.2) is 12.1 Å². The Bertz CT molecular complexity index is 428. The van der Waals surface area contributed by atoms with Crippen LogP contribution in [0, 0.1) is 5.82 Å². The summed E-state index contributed by atoms with van der Waals surface area (Å²) in [5, 5.41) is -0.761. The highest BCUT2D eigenvalue weighted by atomic mass is 35.5. The van der Waals surface area contributed by atoms with Crippen molar-refractivity contribution in [3.8, 4) is 0 Å². The highest BCUT2D eigenvalue weighted by Gasteiger charge is 2.35. The number of Topliss-reactive ketones (excluding diaryl/α,β-unsaturated/α-hetero) is 1. The van der Waals surface area contributed by atoms with Crippen LogP contribution in [-0.2, 0) is 6.18 Å². The Labute approximate surface area is 98.0 Å². The zero-order valence-electron chi connectivity index (χ0n) is 7.54. The monoisotopic (exact) mass is 274 g/mol. The van der Waals surface area contributed by atoms with Gasteiger partial charge in [-0.2, -0.15) is 13.2 Å². The van der Waals surface area contributed by atoms with Crippen LogP contribution in [0.1, 0.15) is 15.9 Å². The molecule has 0 amide bonds. The van der Waals surface area contributed by atoms with E-state index < -0.39 is 34.2 Å². The van der Waals surface area contributed by atoms with Crippen molar-refractivity contribution in [2.24, 2.45) is 0 Å². The van der Waals surface area contributed by atoms with Gasteiger partial charge in [-0.25, -0.2) is 4.39 Å². The number of hydrogen-bond donors (Lipinski definition) is 0. The van der Waals surface area contributed by atoms with E-state index in [-0.39, 0.29) is 5.56 Å². The molecule has 0 unspecified atom stereocenters. The Morgan fingerprint density at radius 3 is 2.31 bits per heavy atom. The zero-order valence-corrected chi connectivity index (χ0v) is 9.05. The second kappa shape index (κ2) is 4.59. The molecule has 1 rings (SSSR count). The minimum absolute atomic E-state index is 0.367. The van der Waals surface area contributed by atoms with Crippen LogP contribution in [-0.4, -0.2) is 11.7 Å². The first-order valence-corrected chi connectivity index (χ1v) is 4.84. The third kappa shape index (κ3) is 2.65. The fraction of sp³-hybridized carbons (Fsp3) is 0.222. The highest BCUT2D eigenvalue weighted by molar-refractivity contribution is 6.33. The van der Waals surface area contributed by atoms with E-state index in [9.17, 15) is 22.4 Å². The average molecular weight is 275 g/mol. The molecule has 0 radical (unpaired) electrons. The second-order valence-corrected chi connectivity index (χ2v) is 3.55. The lowest BCUT2D eigenvalue weighted by Crippen LogP contribution is -2.11. The van der Waals surface area contributed by atoms with Crippen LogP contribution in [0.4, 0.5) is 17.6 Å². The SMILES string of the molecule is O=C(CCl)c1cc(Cl)c(F)c(C(F)(F)F)c1. The predicted octanol–water partition coefficient (Wildman–Crippen LogP) is 3.92. The summed E-state index contributed by atoms with van der Waals surface area (Å²) in [7, 11) is 0. The topological polar surface area (TPSA) is 17.1 Å². The standard InChI is InChI=1S/C9H4Cl2F4O/c10-3-7(16)4-1-5(9(13,14)15)8(12)6(11)2-4/h1-2H,3H2. The molecule has 1 aromatic rings. The van der Waals surface area contributed by atoms with Crippen molar-refractivity contribution >= 4 is 29.0 Å². The molecule has 0 spiro atoms. The fourth-order valence-corrected chi connectivity index (χ4v) is 1.41. The van der Waals surface area contributed by atoms with Crippen LogP contribution >= 0.6 is 23.2 Å². The van der Waals surface area contributed by atoms with Gasteiger partial charge in [-0.3, -0.25) is 4.79 Å². The Kier molecular flexibility index (Phi) is 3.80. The molecule has 0 aliphatic heterocycles. The maximum Gasteiger partial charge on any atom is 0.419 e. The molecule has 0 fully saturated rings. The average Bonchev–Trinajstić information content (AvgIpc) is 2.18. The van der Waals surface area contributed by atoms with Gasteiger partial charge >= 0.3 is 6.18 Å². The molecule has 0 saturated heterocycles. The second-order valence-electron chi connectivity index (χ2n) is 2.87. The molecule has 0 aliphatic carbocycles. The minimum Gasteiger partial charge on any atom is -0.293 e. The van der Waals surface area contributed by atoms with E-state index in [4.69, 9.17) is 23.2 Å². The highest BCUT2D eigenvalue weighted by Crippen LogP contribution is 2.35. The van der Waals surface area contributed by atoms with Gasteiger partial charge in [-0.1, -0.05) is 11.6 Å². The lowest BCUT2D eigenvalue weighted by molar-refractivity contribution is -0.140. The van der Waals surface area contributed by atoms with Gasteiger partial charge in [-0.15, -0.1) is 11.6 Å². The lowest BCUT2D eigenvalue weighted by Gasteiger charge is -2.10. The molecule has 0 N–H and O–H groups in total. The number of carbonyl (C=O) groups is 1. The first kappa shape index (κ1) is 13.3. The zero-order chi connectivity index (χ0) is 12.5. The molecule has 0 aromatic heterocycles. The quantitative estimate of drug-likeness (QED) is 0.454. The maximum atomic E-state index is 13.0. The van der Waals surface area contributed by atoms with Crippen LogP contribution in [0.25, 0.3) is 0 Å². The Morgan fingerprint density at radius 2 is 1.88 bits per heavy atom. The number of halogens is 6. The number of benzene rings is 1. The van der Waals surface area contributed by atoms with E-state index in [2.05, 4.69) is 0 Å². The molecule has 0 bridgehead atoms. The number of ketones is 1. The Morgan fingerprint density at radius 1 is 1.31 bits per heavy atom. The van der Waals surface area contributed by atoms with Gasteiger partial charge in [0.25, 0.3) is 0 Å². The molecule has 1 aromatic carbocycles. The van der Waals surface area contributed by atoms with Crippen molar-refractivity contribution in [2.75, 3.05) is 5.88 Å². The summed E-state index contributed by atoms with van der Waals surface area (Å²) < 4.78 is 50.0. The summed E-state index contributed by atoms with van der Waals surface area (Å²) in [6, 6.07) is 1.21. The first-order chi connectivity index (χ1) is 7.27. The van der Waals surface area contributed by atoms with E-state index in [0.717, 1.165) is 6.07 Å². The summed E-state index contributed by atoms with van der Waals surface area (Å²) in [6.45, 7) is 0. The van der Waals surface area contributed by atoms with Crippen molar-refractivity contribution in [3.63, 3.8) is 0 Å². The molecule has 88 valence electrons. The van der Waals surface area contributed by atoms with Crippen molar-refractivity contribution in [1.29, 1.82) is 0 Å². The predicted molar refractivity (Wildman–Crippen MR) is 51.5 cm³/mol. The number of hydrogen-bond acceptors (Lipinski definition) is 1. The lowest BCUT2D eigenvalue weighted by atomic mass is 10.1.